The van der Waals surface area contributed by atoms with E-state index in [0.29, 0.717) is 5.01 Å². The van der Waals surface area contributed by atoms with Crippen LogP contribution >= 0.6 is 0 Å². The second-order valence-corrected chi connectivity index (χ2v) is 7.78. The van der Waals surface area contributed by atoms with Crippen LogP contribution in [0.25, 0.3) is 11.0 Å². The van der Waals surface area contributed by atoms with Gasteiger partial charge in [0.1, 0.15) is 35.3 Å². The van der Waals surface area contributed by atoms with E-state index in [-0.39, 0.29) is 34.7 Å². The molecule has 8 nitrogen and oxygen atoms in total. The molecule has 13 heteroatoms. The summed E-state index contributed by atoms with van der Waals surface area (Å²) in [5.74, 6) is 1.87. The number of rotatable bonds is 6. The number of aromatic amines is 1. The number of nitrogens with zero attached hydrogens (tertiary/aromatic N) is 2. The van der Waals surface area contributed by atoms with Gasteiger partial charge in [0.15, 0.2) is 0 Å². The number of methoxy groups -OCH3 is 1. The number of hydrogen-bond donors (Lipinski definition) is 3. The molecule has 0 atom stereocenters. The third-order valence-electron chi connectivity index (χ3n) is 5.31. The molecule has 0 fully saturated rings. The van der Waals surface area contributed by atoms with Crippen LogP contribution in [0.3, 0.4) is 0 Å². The van der Waals surface area contributed by atoms with Gasteiger partial charge in [0, 0.05) is 7.11 Å². The van der Waals surface area contributed by atoms with Crippen molar-refractivity contribution in [2.45, 2.75) is 12.8 Å². The fourth-order valence-corrected chi connectivity index (χ4v) is 3.63. The number of fused-ring (bicyclic) bond motifs is 1. The predicted octanol–water partition coefficient (Wildman–Crippen LogP) is 4.78. The highest BCUT2D eigenvalue weighted by molar-refractivity contribution is 6.14. The molecule has 0 aliphatic carbocycles. The first-order chi connectivity index (χ1) is 17.5. The second-order valence-electron chi connectivity index (χ2n) is 7.78. The number of ether oxygens (including phenoxy) is 1. The number of carbonyl (C=O) groups excluding carboxylic acids is 2. The Morgan fingerprint density at radius 3 is 2.38 bits per heavy atom. The van der Waals surface area contributed by atoms with E-state index >= 15 is 0 Å². The molecule has 0 aliphatic heterocycles. The van der Waals surface area contributed by atoms with Crippen LogP contribution in [0.5, 0.6) is 0 Å². The molecule has 0 unspecified atom stereocenters. The minimum Gasteiger partial charge on any atom is -0.377 e. The number of nitrogens with one attached hydrogen (secondary N) is 2. The molecule has 0 bridgehead atoms. The highest BCUT2D eigenvalue weighted by Gasteiger charge is 2.36. The van der Waals surface area contributed by atoms with E-state index in [9.17, 15) is 31.5 Å². The number of aromatic nitrogens is 2. The summed E-state index contributed by atoms with van der Waals surface area (Å²) in [5.41, 5.74) is -2.89. The maximum atomic E-state index is 14.1. The minimum atomic E-state index is -4.83. The molecule has 1 aromatic heterocycles. The Morgan fingerprint density at radius 2 is 1.73 bits per heavy atom. The summed E-state index contributed by atoms with van der Waals surface area (Å²) in [4.78, 5) is 33.1. The lowest BCUT2D eigenvalue weighted by Gasteiger charge is -2.20. The summed E-state index contributed by atoms with van der Waals surface area (Å²) in [5, 5.41) is 2.55. The van der Waals surface area contributed by atoms with Crippen molar-refractivity contribution in [3.05, 3.63) is 88.7 Å². The summed E-state index contributed by atoms with van der Waals surface area (Å²) in [6, 6.07) is 9.41. The Bertz CT molecular complexity index is 1480. The van der Waals surface area contributed by atoms with Crippen LogP contribution < -0.4 is 16.2 Å². The number of anilines is 2. The molecule has 0 saturated carbocycles. The first-order valence-corrected chi connectivity index (χ1v) is 10.5. The number of amides is 2. The van der Waals surface area contributed by atoms with Crippen molar-refractivity contribution in [2.24, 2.45) is 5.84 Å². The third kappa shape index (κ3) is 5.13. The van der Waals surface area contributed by atoms with Crippen LogP contribution in [0, 0.1) is 11.6 Å². The van der Waals surface area contributed by atoms with Gasteiger partial charge in [0.2, 0.25) is 0 Å². The smallest absolute Gasteiger partial charge is 0.377 e. The van der Waals surface area contributed by atoms with Gasteiger partial charge < -0.3 is 15.0 Å². The number of halogens is 5. The van der Waals surface area contributed by atoms with Gasteiger partial charge in [0.05, 0.1) is 27.9 Å². The molecule has 0 spiro atoms. The number of imidazole rings is 1. The van der Waals surface area contributed by atoms with E-state index in [2.05, 4.69) is 15.3 Å². The van der Waals surface area contributed by atoms with Gasteiger partial charge in [0.25, 0.3) is 11.8 Å². The topological polar surface area (TPSA) is 113 Å². The van der Waals surface area contributed by atoms with E-state index in [1.54, 1.807) is 0 Å². The second kappa shape index (κ2) is 9.95. The van der Waals surface area contributed by atoms with Gasteiger partial charge in [-0.1, -0.05) is 18.2 Å². The number of benzene rings is 3. The first-order valence-electron chi connectivity index (χ1n) is 10.5. The summed E-state index contributed by atoms with van der Waals surface area (Å²) >= 11 is 0. The Hall–Kier alpha value is -4.36. The highest BCUT2D eigenvalue weighted by Crippen LogP contribution is 2.33. The zero-order valence-corrected chi connectivity index (χ0v) is 19.0. The van der Waals surface area contributed by atoms with Crippen LogP contribution in [0.15, 0.2) is 54.6 Å². The van der Waals surface area contributed by atoms with Gasteiger partial charge in [-0.2, -0.15) is 13.2 Å². The van der Waals surface area contributed by atoms with Crippen molar-refractivity contribution >= 4 is 34.2 Å². The zero-order valence-electron chi connectivity index (χ0n) is 19.0. The van der Waals surface area contributed by atoms with Crippen LogP contribution in [0.2, 0.25) is 0 Å². The van der Waals surface area contributed by atoms with Crippen molar-refractivity contribution in [2.75, 3.05) is 17.4 Å². The highest BCUT2D eigenvalue weighted by atomic mass is 19.4. The molecular formula is C24H18F5N5O3. The molecule has 0 radical (unpaired) electrons. The molecule has 4 N–H and O–H groups in total. The van der Waals surface area contributed by atoms with E-state index in [4.69, 9.17) is 10.6 Å². The minimum absolute atomic E-state index is 0.00274. The molecule has 2 amide bonds. The molecule has 0 aliphatic rings. The zero-order chi connectivity index (χ0) is 26.9. The van der Waals surface area contributed by atoms with Gasteiger partial charge in [-0.05, 0) is 36.4 Å². The van der Waals surface area contributed by atoms with E-state index in [1.807, 2.05) is 0 Å². The van der Waals surface area contributed by atoms with Crippen LogP contribution in [-0.4, -0.2) is 28.9 Å². The Morgan fingerprint density at radius 1 is 1.05 bits per heavy atom. The molecule has 0 saturated heterocycles. The van der Waals surface area contributed by atoms with E-state index in [0.717, 1.165) is 42.5 Å². The Labute approximate surface area is 205 Å². The largest absolute Gasteiger partial charge is 0.417 e. The van der Waals surface area contributed by atoms with E-state index in [1.165, 1.54) is 19.2 Å². The molecule has 3 aromatic carbocycles. The normalized spacial score (nSPS) is 11.5. The fraction of sp³-hybridized carbons (Fsp3) is 0.125. The number of para-hydroxylation sites is 1. The van der Waals surface area contributed by atoms with Gasteiger partial charge in [-0.25, -0.2) is 24.6 Å². The van der Waals surface area contributed by atoms with Crippen molar-refractivity contribution < 1.29 is 36.3 Å². The standard InChI is InChI=1S/C24H18F5N5O3/c1-37-11-19-31-18-10-12(34(30)23(36)13-5-2-3-6-15(13)24(27,28)29)9-14(20(18)32-19)22(35)33-21-16(25)7-4-8-17(21)26/h2-10H,11,30H2,1H3,(H,31,32)(H,33,35). The monoisotopic (exact) mass is 519 g/mol. The van der Waals surface area contributed by atoms with Gasteiger partial charge in [-0.15, -0.1) is 0 Å². The number of hydrazine groups is 1. The Kier molecular flexibility index (Phi) is 6.92. The Balaban J connectivity index is 1.80. The molecule has 4 rings (SSSR count). The number of H-pyrrole nitrogens is 1. The first kappa shape index (κ1) is 25.7. The maximum absolute atomic E-state index is 14.1. The molecule has 192 valence electrons. The van der Waals surface area contributed by atoms with Crippen LogP contribution in [0.1, 0.15) is 32.1 Å². The lowest BCUT2D eigenvalue weighted by molar-refractivity contribution is -0.137. The SMILES string of the molecule is COCc1nc2c(C(=O)Nc3c(F)cccc3F)cc(N(N)C(=O)c3ccccc3C(F)(F)F)cc2[nH]1. The van der Waals surface area contributed by atoms with E-state index < -0.39 is 46.4 Å². The molecule has 37 heavy (non-hydrogen) atoms. The number of hydrogen-bond acceptors (Lipinski definition) is 5. The lowest BCUT2D eigenvalue weighted by Crippen LogP contribution is -2.38. The number of alkyl halides is 3. The quantitative estimate of drug-likeness (QED) is 0.147. The summed E-state index contributed by atoms with van der Waals surface area (Å²) in [7, 11) is 1.39. The van der Waals surface area contributed by atoms with Crippen molar-refractivity contribution in [3.63, 3.8) is 0 Å². The lowest BCUT2D eigenvalue weighted by atomic mass is 10.1. The average Bonchev–Trinajstić information content (AvgIpc) is 3.27. The molecule has 4 aromatic rings. The predicted molar refractivity (Wildman–Crippen MR) is 124 cm³/mol. The fourth-order valence-electron chi connectivity index (χ4n) is 3.63. The number of nitrogens with two attached hydrogens (primary N) is 1. The van der Waals surface area contributed by atoms with Gasteiger partial charge >= 0.3 is 6.18 Å². The van der Waals surface area contributed by atoms with Gasteiger partial charge in [-0.3, -0.25) is 9.59 Å². The molecular weight excluding hydrogens is 501 g/mol. The third-order valence-corrected chi connectivity index (χ3v) is 5.31. The van der Waals surface area contributed by atoms with Crippen LogP contribution in [0.4, 0.5) is 33.3 Å². The van der Waals surface area contributed by atoms with Crippen molar-refractivity contribution in [3.8, 4) is 0 Å². The van der Waals surface area contributed by atoms with Crippen molar-refractivity contribution in [1.29, 1.82) is 0 Å². The van der Waals surface area contributed by atoms with Crippen molar-refractivity contribution in [1.82, 2.24) is 9.97 Å². The summed E-state index contributed by atoms with van der Waals surface area (Å²) in [6.45, 7) is -0.00274. The summed E-state index contributed by atoms with van der Waals surface area (Å²) in [6.07, 6.45) is -4.83. The summed E-state index contributed by atoms with van der Waals surface area (Å²) < 4.78 is 73.6. The van der Waals surface area contributed by atoms with Crippen LogP contribution in [-0.2, 0) is 17.5 Å². The average molecular weight is 519 g/mol. The maximum Gasteiger partial charge on any atom is 0.417 e. The number of carbonyl (C=O) groups is 2. The molecule has 1 heterocycles.